The van der Waals surface area contributed by atoms with Gasteiger partial charge in [0.15, 0.2) is 0 Å². The molecule has 0 aromatic heterocycles. The molecule has 0 saturated carbocycles. The van der Waals surface area contributed by atoms with Crippen LogP contribution in [-0.4, -0.2) is 18.1 Å². The fraction of sp³-hybridized carbons (Fsp3) is 0.250. The molecule has 1 heterocycles. The number of amides is 1. The molecule has 0 aliphatic carbocycles. The highest BCUT2D eigenvalue weighted by Crippen LogP contribution is 2.06. The van der Waals surface area contributed by atoms with Gasteiger partial charge in [-0.1, -0.05) is 0 Å². The maximum Gasteiger partial charge on any atom is 0.417 e. The van der Waals surface area contributed by atoms with Gasteiger partial charge in [-0.15, -0.1) is 0 Å². The van der Waals surface area contributed by atoms with Crippen molar-refractivity contribution >= 4 is 6.09 Å². The lowest BCUT2D eigenvalue weighted by Crippen LogP contribution is -2.08. The minimum Gasteiger partial charge on any atom is -0.452 e. The van der Waals surface area contributed by atoms with E-state index in [9.17, 15) is 4.79 Å². The van der Waals surface area contributed by atoms with Crippen LogP contribution < -0.4 is 0 Å². The van der Waals surface area contributed by atoms with E-state index >= 15 is 0 Å². The second kappa shape index (κ2) is 1.26. The Labute approximate surface area is 41.2 Å². The Morgan fingerprint density at radius 3 is 2.43 bits per heavy atom. The molecule has 1 rings (SSSR count). The molecule has 0 fully saturated rings. The van der Waals surface area contributed by atoms with Crippen molar-refractivity contribution in [1.82, 2.24) is 4.90 Å². The predicted octanol–water partition coefficient (Wildman–Crippen LogP) is 0.540. The highest BCUT2D eigenvalue weighted by molar-refractivity contribution is 5.73. The SMILES string of the molecule is COC(=O)N1C=C1. The monoisotopic (exact) mass is 99.0 g/mol. The number of nitrogens with zero attached hydrogens (tertiary/aromatic N) is 1. The summed E-state index contributed by atoms with van der Waals surface area (Å²) in [5, 5.41) is 0. The molecule has 0 spiro atoms. The normalized spacial score (nSPS) is 14.1. The standard InChI is InChI=1S/C4H5NO2/c1-7-4(6)5-2-3-5/h2-3H,1H3. The lowest BCUT2D eigenvalue weighted by molar-refractivity contribution is 0.159. The summed E-state index contributed by atoms with van der Waals surface area (Å²) in [6.07, 6.45) is 2.94. The van der Waals surface area contributed by atoms with E-state index < -0.39 is 0 Å². The number of rotatable bonds is 0. The summed E-state index contributed by atoms with van der Waals surface area (Å²) in [6.45, 7) is 0. The van der Waals surface area contributed by atoms with Crippen molar-refractivity contribution in [3.05, 3.63) is 12.4 Å². The number of methoxy groups -OCH3 is 1. The van der Waals surface area contributed by atoms with Crippen LogP contribution in [0.5, 0.6) is 0 Å². The number of carbonyl (C=O) groups is 1. The lowest BCUT2D eigenvalue weighted by Gasteiger charge is -1.94. The molecule has 0 aromatic carbocycles. The van der Waals surface area contributed by atoms with Crippen molar-refractivity contribution < 1.29 is 9.53 Å². The van der Waals surface area contributed by atoms with Crippen LogP contribution in [-0.2, 0) is 4.74 Å². The second-order valence-electron chi connectivity index (χ2n) is 1.18. The maximum absolute atomic E-state index is 10.2. The molecule has 3 heteroatoms. The zero-order valence-electron chi connectivity index (χ0n) is 3.92. The molecule has 1 amide bonds. The van der Waals surface area contributed by atoms with Gasteiger partial charge in [-0.25, -0.2) is 4.79 Å². The summed E-state index contributed by atoms with van der Waals surface area (Å²) >= 11 is 0. The predicted molar refractivity (Wildman–Crippen MR) is 23.4 cm³/mol. The molecule has 1 aliphatic rings. The third kappa shape index (κ3) is 0.707. The quantitative estimate of drug-likeness (QED) is 0.443. The van der Waals surface area contributed by atoms with Crippen LogP contribution in [0.1, 0.15) is 0 Å². The van der Waals surface area contributed by atoms with Crippen LogP contribution in [0.2, 0.25) is 0 Å². The average Bonchev–Trinajstić information content (AvgIpc) is 2.44. The Morgan fingerprint density at radius 2 is 2.29 bits per heavy atom. The summed E-state index contributed by atoms with van der Waals surface area (Å²) in [7, 11) is 1.35. The first-order chi connectivity index (χ1) is 3.34. The minimum absolute atomic E-state index is 0.319. The molecule has 0 unspecified atom stereocenters. The fourth-order valence-corrected chi connectivity index (χ4v) is 0.260. The van der Waals surface area contributed by atoms with Crippen molar-refractivity contribution in [3.63, 3.8) is 0 Å². The molecular formula is C4H5NO2. The van der Waals surface area contributed by atoms with Gasteiger partial charge in [0.05, 0.1) is 7.11 Å². The smallest absolute Gasteiger partial charge is 0.417 e. The molecule has 38 valence electrons. The second-order valence-corrected chi connectivity index (χ2v) is 1.18. The zero-order chi connectivity index (χ0) is 5.28. The van der Waals surface area contributed by atoms with Gasteiger partial charge in [-0.05, 0) is 0 Å². The van der Waals surface area contributed by atoms with E-state index in [0.717, 1.165) is 0 Å². The van der Waals surface area contributed by atoms with Crippen LogP contribution in [0.3, 0.4) is 0 Å². The van der Waals surface area contributed by atoms with Crippen molar-refractivity contribution in [3.8, 4) is 0 Å². The van der Waals surface area contributed by atoms with Gasteiger partial charge in [-0.2, -0.15) is 0 Å². The first-order valence-corrected chi connectivity index (χ1v) is 1.89. The van der Waals surface area contributed by atoms with E-state index in [1.165, 1.54) is 12.0 Å². The van der Waals surface area contributed by atoms with Crippen molar-refractivity contribution in [2.24, 2.45) is 0 Å². The van der Waals surface area contributed by atoms with Crippen molar-refractivity contribution in [1.29, 1.82) is 0 Å². The molecule has 0 atom stereocenters. The van der Waals surface area contributed by atoms with Gasteiger partial charge in [0.25, 0.3) is 0 Å². The summed E-state index contributed by atoms with van der Waals surface area (Å²) in [6, 6.07) is 0. The Hall–Kier alpha value is -0.990. The van der Waals surface area contributed by atoms with Crippen LogP contribution in [0.25, 0.3) is 0 Å². The van der Waals surface area contributed by atoms with Crippen LogP contribution in [0, 0.1) is 0 Å². The number of ether oxygens (including phenoxy) is 1. The summed E-state index contributed by atoms with van der Waals surface area (Å²) in [5.74, 6) is 0. The van der Waals surface area contributed by atoms with E-state index in [1.54, 1.807) is 12.4 Å². The lowest BCUT2D eigenvalue weighted by atomic mass is 11.1. The summed E-state index contributed by atoms with van der Waals surface area (Å²) in [5.41, 5.74) is 0. The third-order valence-corrected chi connectivity index (χ3v) is 0.684. The molecule has 0 bridgehead atoms. The Morgan fingerprint density at radius 1 is 1.71 bits per heavy atom. The van der Waals surface area contributed by atoms with E-state index in [0.29, 0.717) is 0 Å². The highest BCUT2D eigenvalue weighted by Gasteiger charge is 2.14. The van der Waals surface area contributed by atoms with E-state index in [4.69, 9.17) is 0 Å². The molecule has 3 nitrogen and oxygen atoms in total. The van der Waals surface area contributed by atoms with Crippen LogP contribution in [0.4, 0.5) is 4.79 Å². The molecule has 0 aromatic rings. The van der Waals surface area contributed by atoms with E-state index in [1.807, 2.05) is 0 Å². The van der Waals surface area contributed by atoms with Crippen molar-refractivity contribution in [2.75, 3.05) is 7.11 Å². The van der Waals surface area contributed by atoms with Crippen LogP contribution >= 0.6 is 0 Å². The molecule has 7 heavy (non-hydrogen) atoms. The van der Waals surface area contributed by atoms with Gasteiger partial charge in [0.1, 0.15) is 0 Å². The Balaban J connectivity index is 2.26. The average molecular weight is 99.1 g/mol. The Kier molecular flexibility index (Phi) is 0.749. The number of hydrogen-bond donors (Lipinski definition) is 0. The summed E-state index contributed by atoms with van der Waals surface area (Å²) in [4.78, 5) is 11.6. The van der Waals surface area contributed by atoms with Crippen LogP contribution in [0.15, 0.2) is 12.4 Å². The molecule has 0 N–H and O–H groups in total. The number of hydrogen-bond acceptors (Lipinski definition) is 2. The molecular weight excluding hydrogens is 94.0 g/mol. The first-order valence-electron chi connectivity index (χ1n) is 1.89. The largest absolute Gasteiger partial charge is 0.452 e. The molecule has 1 aliphatic heterocycles. The van der Waals surface area contributed by atoms with Gasteiger partial charge in [0, 0.05) is 12.4 Å². The van der Waals surface area contributed by atoms with Gasteiger partial charge in [0.2, 0.25) is 0 Å². The van der Waals surface area contributed by atoms with Gasteiger partial charge >= 0.3 is 6.09 Å². The first kappa shape index (κ1) is 4.18. The zero-order valence-corrected chi connectivity index (χ0v) is 3.92. The highest BCUT2D eigenvalue weighted by atomic mass is 16.5. The fourth-order valence-electron chi connectivity index (χ4n) is 0.260. The molecule has 0 saturated heterocycles. The van der Waals surface area contributed by atoms with E-state index in [-0.39, 0.29) is 6.09 Å². The number of carbonyl (C=O) groups excluding carboxylic acids is 1. The summed E-state index contributed by atoms with van der Waals surface area (Å²) < 4.78 is 4.30. The van der Waals surface area contributed by atoms with Gasteiger partial charge < -0.3 is 4.74 Å². The third-order valence-electron chi connectivity index (χ3n) is 0.684. The maximum atomic E-state index is 10.2. The van der Waals surface area contributed by atoms with Crippen molar-refractivity contribution in [2.45, 2.75) is 0 Å². The minimum atomic E-state index is -0.319. The van der Waals surface area contributed by atoms with E-state index in [2.05, 4.69) is 4.74 Å². The van der Waals surface area contributed by atoms with Gasteiger partial charge in [-0.3, -0.25) is 4.90 Å². The molecule has 0 radical (unpaired) electrons. The topological polar surface area (TPSA) is 29.3 Å². The Bertz CT molecular complexity index is 113.